The number of amides is 1. The molecule has 0 saturated carbocycles. The zero-order valence-corrected chi connectivity index (χ0v) is 12.7. The lowest BCUT2D eigenvalue weighted by Crippen LogP contribution is -2.39. The SMILES string of the molecule is O=C(Cc1ccc(OC(F)(F)F)cc1)NC1CCc2[nH]cnc2C1. The summed E-state index contributed by atoms with van der Waals surface area (Å²) in [6.07, 6.45) is -0.605. The first-order chi connectivity index (χ1) is 11.4. The molecule has 1 aliphatic carbocycles. The summed E-state index contributed by atoms with van der Waals surface area (Å²) in [5, 5.41) is 2.95. The van der Waals surface area contributed by atoms with Gasteiger partial charge in [-0.3, -0.25) is 4.79 Å². The monoisotopic (exact) mass is 339 g/mol. The lowest BCUT2D eigenvalue weighted by atomic mass is 9.96. The predicted octanol–water partition coefficient (Wildman–Crippen LogP) is 2.52. The van der Waals surface area contributed by atoms with Crippen LogP contribution in [0.5, 0.6) is 5.75 Å². The Morgan fingerprint density at radius 3 is 2.79 bits per heavy atom. The molecule has 0 aliphatic heterocycles. The van der Waals surface area contributed by atoms with E-state index in [-0.39, 0.29) is 24.1 Å². The van der Waals surface area contributed by atoms with Crippen LogP contribution in [0.15, 0.2) is 30.6 Å². The lowest BCUT2D eigenvalue weighted by Gasteiger charge is -2.22. The van der Waals surface area contributed by atoms with Crippen molar-refractivity contribution in [1.29, 1.82) is 0 Å². The number of fused-ring (bicyclic) bond motifs is 1. The largest absolute Gasteiger partial charge is 0.573 e. The number of alkyl halides is 3. The highest BCUT2D eigenvalue weighted by Gasteiger charge is 2.31. The van der Waals surface area contributed by atoms with Crippen molar-refractivity contribution in [3.8, 4) is 5.75 Å². The van der Waals surface area contributed by atoms with Crippen LogP contribution in [0.4, 0.5) is 13.2 Å². The van der Waals surface area contributed by atoms with Crippen molar-refractivity contribution in [2.45, 2.75) is 38.1 Å². The second-order valence-electron chi connectivity index (χ2n) is 5.70. The molecular weight excluding hydrogens is 323 g/mol. The maximum absolute atomic E-state index is 12.1. The van der Waals surface area contributed by atoms with Crippen LogP contribution < -0.4 is 10.1 Å². The molecule has 1 amide bonds. The van der Waals surface area contributed by atoms with Gasteiger partial charge >= 0.3 is 6.36 Å². The van der Waals surface area contributed by atoms with E-state index in [0.29, 0.717) is 12.0 Å². The van der Waals surface area contributed by atoms with Gasteiger partial charge in [-0.25, -0.2) is 4.98 Å². The van der Waals surface area contributed by atoms with Gasteiger partial charge in [0.1, 0.15) is 5.75 Å². The molecule has 1 aliphatic rings. The highest BCUT2D eigenvalue weighted by atomic mass is 19.4. The number of hydrogen-bond acceptors (Lipinski definition) is 3. The number of hydrogen-bond donors (Lipinski definition) is 2. The van der Waals surface area contributed by atoms with Gasteiger partial charge < -0.3 is 15.0 Å². The molecule has 2 aromatic rings. The molecule has 5 nitrogen and oxygen atoms in total. The molecule has 1 heterocycles. The van der Waals surface area contributed by atoms with Crippen LogP contribution in [0.25, 0.3) is 0 Å². The maximum atomic E-state index is 12.1. The summed E-state index contributed by atoms with van der Waals surface area (Å²) in [4.78, 5) is 19.4. The summed E-state index contributed by atoms with van der Waals surface area (Å²) in [6, 6.07) is 5.33. The fourth-order valence-electron chi connectivity index (χ4n) is 2.79. The average Bonchev–Trinajstić information content (AvgIpc) is 2.95. The second kappa shape index (κ2) is 6.54. The van der Waals surface area contributed by atoms with Crippen LogP contribution in [0.3, 0.4) is 0 Å². The number of aromatic nitrogens is 2. The number of aryl methyl sites for hydroxylation is 1. The zero-order chi connectivity index (χ0) is 17.2. The fraction of sp³-hybridized carbons (Fsp3) is 0.375. The van der Waals surface area contributed by atoms with Gasteiger partial charge in [-0.05, 0) is 30.5 Å². The number of benzene rings is 1. The van der Waals surface area contributed by atoms with E-state index in [1.54, 1.807) is 6.33 Å². The summed E-state index contributed by atoms with van der Waals surface area (Å²) < 4.78 is 40.1. The van der Waals surface area contributed by atoms with Crippen molar-refractivity contribution in [3.05, 3.63) is 47.5 Å². The van der Waals surface area contributed by atoms with Gasteiger partial charge in [-0.1, -0.05) is 12.1 Å². The van der Waals surface area contributed by atoms with Crippen molar-refractivity contribution < 1.29 is 22.7 Å². The highest BCUT2D eigenvalue weighted by molar-refractivity contribution is 5.79. The Hall–Kier alpha value is -2.51. The quantitative estimate of drug-likeness (QED) is 0.899. The molecule has 1 atom stereocenters. The number of ether oxygens (including phenoxy) is 1. The van der Waals surface area contributed by atoms with Gasteiger partial charge in [0.2, 0.25) is 5.91 Å². The van der Waals surface area contributed by atoms with Gasteiger partial charge in [-0.2, -0.15) is 0 Å². The molecule has 2 N–H and O–H groups in total. The third-order valence-corrected chi connectivity index (χ3v) is 3.88. The van der Waals surface area contributed by atoms with Crippen molar-refractivity contribution in [3.63, 3.8) is 0 Å². The van der Waals surface area contributed by atoms with Crippen molar-refractivity contribution in [2.24, 2.45) is 0 Å². The van der Waals surface area contributed by atoms with Gasteiger partial charge in [0.05, 0.1) is 18.4 Å². The number of halogens is 3. The van der Waals surface area contributed by atoms with Crippen molar-refractivity contribution >= 4 is 5.91 Å². The summed E-state index contributed by atoms with van der Waals surface area (Å²) in [6.45, 7) is 0. The maximum Gasteiger partial charge on any atom is 0.573 e. The Kier molecular flexibility index (Phi) is 4.46. The van der Waals surface area contributed by atoms with E-state index < -0.39 is 6.36 Å². The number of nitrogens with one attached hydrogen (secondary N) is 2. The molecule has 24 heavy (non-hydrogen) atoms. The Labute approximate surface area is 136 Å². The topological polar surface area (TPSA) is 67.0 Å². The first-order valence-corrected chi connectivity index (χ1v) is 7.54. The van der Waals surface area contributed by atoms with E-state index in [9.17, 15) is 18.0 Å². The van der Waals surface area contributed by atoms with Gasteiger partial charge in [0, 0.05) is 18.2 Å². The van der Waals surface area contributed by atoms with E-state index in [1.807, 2.05) is 0 Å². The van der Waals surface area contributed by atoms with Crippen LogP contribution in [-0.2, 0) is 24.1 Å². The minimum Gasteiger partial charge on any atom is -0.406 e. The standard InChI is InChI=1S/C16H16F3N3O2/c17-16(18,19)24-12-4-1-10(2-5-12)7-15(23)22-11-3-6-13-14(8-11)21-9-20-13/h1-2,4-5,9,11H,3,6-8H2,(H,20,21)(H,22,23). The normalized spacial score (nSPS) is 17.2. The van der Waals surface area contributed by atoms with Crippen LogP contribution in [0, 0.1) is 0 Å². The molecular formula is C16H16F3N3O2. The minimum absolute atomic E-state index is 0.0288. The Balaban J connectivity index is 1.52. The smallest absolute Gasteiger partial charge is 0.406 e. The number of nitrogens with zero attached hydrogens (tertiary/aromatic N) is 1. The predicted molar refractivity (Wildman–Crippen MR) is 79.4 cm³/mol. The molecule has 3 rings (SSSR count). The number of carbonyl (C=O) groups is 1. The average molecular weight is 339 g/mol. The van der Waals surface area contributed by atoms with Gasteiger partial charge in [0.15, 0.2) is 0 Å². The van der Waals surface area contributed by atoms with Gasteiger partial charge in [-0.15, -0.1) is 13.2 Å². The molecule has 0 saturated heterocycles. The van der Waals surface area contributed by atoms with Crippen LogP contribution in [-0.4, -0.2) is 28.3 Å². The molecule has 0 bridgehead atoms. The molecule has 1 unspecified atom stereocenters. The molecule has 128 valence electrons. The zero-order valence-electron chi connectivity index (χ0n) is 12.7. The molecule has 0 radical (unpaired) electrons. The van der Waals surface area contributed by atoms with Gasteiger partial charge in [0.25, 0.3) is 0 Å². The molecule has 0 fully saturated rings. The van der Waals surface area contributed by atoms with Crippen LogP contribution in [0.1, 0.15) is 23.4 Å². The Bertz CT molecular complexity index is 710. The first-order valence-electron chi connectivity index (χ1n) is 7.54. The fourth-order valence-corrected chi connectivity index (χ4v) is 2.79. The van der Waals surface area contributed by atoms with Crippen molar-refractivity contribution in [1.82, 2.24) is 15.3 Å². The first kappa shape index (κ1) is 16.4. The number of aromatic amines is 1. The molecule has 1 aromatic carbocycles. The second-order valence-corrected chi connectivity index (χ2v) is 5.70. The summed E-state index contributed by atoms with van der Waals surface area (Å²) in [5.74, 6) is -0.464. The van der Waals surface area contributed by atoms with Crippen molar-refractivity contribution in [2.75, 3.05) is 0 Å². The third-order valence-electron chi connectivity index (χ3n) is 3.88. The van der Waals surface area contributed by atoms with E-state index in [4.69, 9.17) is 0 Å². The van der Waals surface area contributed by atoms with Crippen LogP contribution in [0.2, 0.25) is 0 Å². The highest BCUT2D eigenvalue weighted by Crippen LogP contribution is 2.23. The molecule has 1 aromatic heterocycles. The summed E-state index contributed by atoms with van der Waals surface area (Å²) in [5.41, 5.74) is 2.71. The minimum atomic E-state index is -4.72. The molecule has 8 heteroatoms. The van der Waals surface area contributed by atoms with E-state index in [2.05, 4.69) is 20.0 Å². The third kappa shape index (κ3) is 4.27. The van der Waals surface area contributed by atoms with Crippen LogP contribution >= 0.6 is 0 Å². The lowest BCUT2D eigenvalue weighted by molar-refractivity contribution is -0.274. The van der Waals surface area contributed by atoms with E-state index in [0.717, 1.165) is 24.2 Å². The number of carbonyl (C=O) groups excluding carboxylic acids is 1. The molecule has 0 spiro atoms. The summed E-state index contributed by atoms with van der Waals surface area (Å²) >= 11 is 0. The van der Waals surface area contributed by atoms with E-state index >= 15 is 0 Å². The number of imidazole rings is 1. The Morgan fingerprint density at radius 2 is 2.08 bits per heavy atom. The van der Waals surface area contributed by atoms with E-state index in [1.165, 1.54) is 24.3 Å². The number of rotatable bonds is 4. The summed E-state index contributed by atoms with van der Waals surface area (Å²) in [7, 11) is 0. The Morgan fingerprint density at radius 1 is 1.33 bits per heavy atom. The number of H-pyrrole nitrogens is 1.